The maximum Gasteiger partial charge on any atom is 0.162 e. The highest BCUT2D eigenvalue weighted by molar-refractivity contribution is 7.80. The van der Waals surface area contributed by atoms with Crippen molar-refractivity contribution in [2.45, 2.75) is 156 Å². The van der Waals surface area contributed by atoms with Gasteiger partial charge in [0.1, 0.15) is 0 Å². The molecule has 0 aromatic rings. The van der Waals surface area contributed by atoms with Crippen LogP contribution in [0.4, 0.5) is 0 Å². The smallest absolute Gasteiger partial charge is 0.162 e. The summed E-state index contributed by atoms with van der Waals surface area (Å²) in [5.74, 6) is 0. The standard InChI is InChI=1S/C26H52OS/c1-4-6-8-9-10-11-12-13-14-15-16-17-18-19-20-22-24-26(3,25(27)28)23-21-7-5-2/h4-24H2,1-3H3,(H,27,28). The normalized spacial score (nSPS) is 13.5. The molecule has 0 aliphatic carbocycles. The van der Waals surface area contributed by atoms with Crippen molar-refractivity contribution in [3.63, 3.8) is 0 Å². The van der Waals surface area contributed by atoms with E-state index in [9.17, 15) is 5.11 Å². The minimum atomic E-state index is -0.124. The molecule has 28 heavy (non-hydrogen) atoms. The molecule has 2 heteroatoms. The highest BCUT2D eigenvalue weighted by Crippen LogP contribution is 2.32. The molecule has 0 aliphatic heterocycles. The summed E-state index contributed by atoms with van der Waals surface area (Å²) in [6.45, 7) is 6.68. The van der Waals surface area contributed by atoms with Gasteiger partial charge < -0.3 is 5.11 Å². The van der Waals surface area contributed by atoms with Gasteiger partial charge in [-0.1, -0.05) is 143 Å². The van der Waals surface area contributed by atoms with E-state index in [0.29, 0.717) is 0 Å². The van der Waals surface area contributed by atoms with E-state index in [1.54, 1.807) is 0 Å². The molecule has 0 aromatic carbocycles. The first-order valence-corrected chi connectivity index (χ1v) is 13.2. The Morgan fingerprint density at radius 1 is 0.536 bits per heavy atom. The van der Waals surface area contributed by atoms with Crippen LogP contribution in [0, 0.1) is 5.41 Å². The molecular formula is C26H52OS. The van der Waals surface area contributed by atoms with E-state index in [2.05, 4.69) is 20.8 Å². The maximum absolute atomic E-state index is 9.93. The molecule has 0 saturated heterocycles. The Bertz CT molecular complexity index is 341. The minimum Gasteiger partial charge on any atom is -0.502 e. The van der Waals surface area contributed by atoms with Crippen LogP contribution in [0.25, 0.3) is 0 Å². The highest BCUT2D eigenvalue weighted by atomic mass is 32.1. The zero-order chi connectivity index (χ0) is 20.9. The summed E-state index contributed by atoms with van der Waals surface area (Å²) in [6, 6.07) is 0. The predicted octanol–water partition coefficient (Wildman–Crippen LogP) is 10.1. The Hall–Kier alpha value is -0.110. The van der Waals surface area contributed by atoms with Gasteiger partial charge in [-0.25, -0.2) is 0 Å². The van der Waals surface area contributed by atoms with E-state index < -0.39 is 0 Å². The van der Waals surface area contributed by atoms with E-state index >= 15 is 0 Å². The van der Waals surface area contributed by atoms with E-state index in [-0.39, 0.29) is 10.5 Å². The van der Waals surface area contributed by atoms with Crippen LogP contribution in [0.2, 0.25) is 0 Å². The van der Waals surface area contributed by atoms with Crippen molar-refractivity contribution in [3.8, 4) is 0 Å². The van der Waals surface area contributed by atoms with Gasteiger partial charge in [0.2, 0.25) is 0 Å². The SMILES string of the molecule is CCCCCCCCCCCCCCCCCCC(C)(CCCCC)C(O)=S. The van der Waals surface area contributed by atoms with Gasteiger partial charge in [-0.15, -0.1) is 0 Å². The summed E-state index contributed by atoms with van der Waals surface area (Å²) in [5.41, 5.74) is -0.124. The summed E-state index contributed by atoms with van der Waals surface area (Å²) in [4.78, 5) is 0. The van der Waals surface area contributed by atoms with Crippen LogP contribution >= 0.6 is 12.2 Å². The van der Waals surface area contributed by atoms with Gasteiger partial charge in [0, 0.05) is 5.41 Å². The zero-order valence-electron chi connectivity index (χ0n) is 19.7. The summed E-state index contributed by atoms with van der Waals surface area (Å²) < 4.78 is 0. The molecule has 0 radical (unpaired) electrons. The molecule has 1 atom stereocenters. The van der Waals surface area contributed by atoms with E-state index in [4.69, 9.17) is 12.2 Å². The van der Waals surface area contributed by atoms with Crippen molar-refractivity contribution >= 4 is 17.3 Å². The fourth-order valence-electron chi connectivity index (χ4n) is 4.17. The first-order valence-electron chi connectivity index (χ1n) is 12.8. The molecule has 1 unspecified atom stereocenters. The number of rotatable bonds is 22. The molecule has 0 aromatic heterocycles. The number of thiocarbonyl (C=S) groups is 1. The lowest BCUT2D eigenvalue weighted by Gasteiger charge is -2.27. The number of aliphatic hydroxyl groups excluding tert-OH is 1. The van der Waals surface area contributed by atoms with Crippen LogP contribution in [0.5, 0.6) is 0 Å². The third kappa shape index (κ3) is 16.8. The summed E-state index contributed by atoms with van der Waals surface area (Å²) >= 11 is 5.15. The summed E-state index contributed by atoms with van der Waals surface area (Å²) in [5, 5.41) is 10.2. The first kappa shape index (κ1) is 27.9. The van der Waals surface area contributed by atoms with Crippen molar-refractivity contribution in [2.24, 2.45) is 5.41 Å². The molecule has 0 rings (SSSR count). The Kier molecular flexibility index (Phi) is 20.1. The molecule has 0 spiro atoms. The fourth-order valence-corrected chi connectivity index (χ4v) is 4.37. The van der Waals surface area contributed by atoms with Crippen molar-refractivity contribution in [2.75, 3.05) is 0 Å². The highest BCUT2D eigenvalue weighted by Gasteiger charge is 2.28. The molecular weight excluding hydrogens is 360 g/mol. The molecule has 0 saturated carbocycles. The topological polar surface area (TPSA) is 20.2 Å². The van der Waals surface area contributed by atoms with Gasteiger partial charge in [-0.3, -0.25) is 0 Å². The third-order valence-electron chi connectivity index (χ3n) is 6.43. The van der Waals surface area contributed by atoms with Crippen LogP contribution in [0.3, 0.4) is 0 Å². The number of unbranched alkanes of at least 4 members (excludes halogenated alkanes) is 17. The van der Waals surface area contributed by atoms with Crippen molar-refractivity contribution in [3.05, 3.63) is 0 Å². The van der Waals surface area contributed by atoms with Crippen LogP contribution in [0.1, 0.15) is 156 Å². The van der Waals surface area contributed by atoms with Crippen LogP contribution < -0.4 is 0 Å². The minimum absolute atomic E-state index is 0.124. The predicted molar refractivity (Wildman–Crippen MR) is 132 cm³/mol. The van der Waals surface area contributed by atoms with Crippen molar-refractivity contribution in [1.82, 2.24) is 0 Å². The number of hydrogen-bond acceptors (Lipinski definition) is 1. The van der Waals surface area contributed by atoms with Crippen LogP contribution in [-0.4, -0.2) is 10.2 Å². The molecule has 0 bridgehead atoms. The number of hydrogen-bond donors (Lipinski definition) is 1. The molecule has 1 N–H and O–H groups in total. The average molecular weight is 413 g/mol. The van der Waals surface area contributed by atoms with E-state index in [0.717, 1.165) is 12.8 Å². The van der Waals surface area contributed by atoms with Gasteiger partial charge in [0.15, 0.2) is 5.05 Å². The second kappa shape index (κ2) is 20.2. The average Bonchev–Trinajstić information content (AvgIpc) is 2.67. The zero-order valence-corrected chi connectivity index (χ0v) is 20.5. The third-order valence-corrected chi connectivity index (χ3v) is 6.92. The molecule has 0 aliphatic rings. The van der Waals surface area contributed by atoms with Gasteiger partial charge in [0.25, 0.3) is 0 Å². The molecule has 1 nitrogen and oxygen atoms in total. The summed E-state index contributed by atoms with van der Waals surface area (Å²) in [7, 11) is 0. The second-order valence-electron chi connectivity index (χ2n) is 9.38. The monoisotopic (exact) mass is 412 g/mol. The Balaban J connectivity index is 3.41. The van der Waals surface area contributed by atoms with Gasteiger partial charge in [-0.2, -0.15) is 0 Å². The number of aliphatic hydroxyl groups is 1. The van der Waals surface area contributed by atoms with Gasteiger partial charge >= 0.3 is 0 Å². The lowest BCUT2D eigenvalue weighted by atomic mass is 9.80. The van der Waals surface area contributed by atoms with Crippen LogP contribution in [0.15, 0.2) is 0 Å². The lowest BCUT2D eigenvalue weighted by Crippen LogP contribution is -2.26. The Labute approximate surface area is 183 Å². The van der Waals surface area contributed by atoms with Gasteiger partial charge in [0.05, 0.1) is 0 Å². The molecule has 168 valence electrons. The molecule has 0 heterocycles. The van der Waals surface area contributed by atoms with E-state index in [1.165, 1.54) is 122 Å². The molecule has 0 amide bonds. The maximum atomic E-state index is 9.93. The quantitative estimate of drug-likeness (QED) is 0.141. The summed E-state index contributed by atoms with van der Waals surface area (Å²) in [6.07, 6.45) is 28.2. The van der Waals surface area contributed by atoms with Crippen molar-refractivity contribution < 1.29 is 5.11 Å². The Morgan fingerprint density at radius 2 is 0.786 bits per heavy atom. The van der Waals surface area contributed by atoms with E-state index in [1.807, 2.05) is 0 Å². The first-order chi connectivity index (χ1) is 13.6. The van der Waals surface area contributed by atoms with Gasteiger partial charge in [-0.05, 0) is 25.1 Å². The molecule has 0 fully saturated rings. The Morgan fingerprint density at radius 3 is 1.11 bits per heavy atom. The largest absolute Gasteiger partial charge is 0.502 e. The second-order valence-corrected chi connectivity index (χ2v) is 9.76. The van der Waals surface area contributed by atoms with Crippen LogP contribution in [-0.2, 0) is 0 Å². The van der Waals surface area contributed by atoms with Crippen molar-refractivity contribution in [1.29, 1.82) is 0 Å². The lowest BCUT2D eigenvalue weighted by molar-refractivity contribution is 0.313. The fraction of sp³-hybridized carbons (Fsp3) is 0.962.